The highest BCUT2D eigenvalue weighted by molar-refractivity contribution is 9.09. The van der Waals surface area contributed by atoms with Crippen molar-refractivity contribution in [3.05, 3.63) is 47.0 Å². The van der Waals surface area contributed by atoms with E-state index in [1.165, 1.54) is 12.1 Å². The highest BCUT2D eigenvalue weighted by Gasteiger charge is 2.03. The van der Waals surface area contributed by atoms with Crippen LogP contribution in [-0.4, -0.2) is 10.7 Å². The Morgan fingerprint density at radius 2 is 1.82 bits per heavy atom. The van der Waals surface area contributed by atoms with E-state index in [4.69, 9.17) is 0 Å². The number of rotatable bonds is 3. The first-order valence-corrected chi connectivity index (χ1v) is 7.13. The summed E-state index contributed by atoms with van der Waals surface area (Å²) in [4.78, 5) is 0. The summed E-state index contributed by atoms with van der Waals surface area (Å²) in [7, 11) is 0. The number of halogens is 4. The molecule has 1 aromatic carbocycles. The zero-order chi connectivity index (χ0) is 12.7. The first kappa shape index (κ1) is 14.4. The van der Waals surface area contributed by atoms with Gasteiger partial charge < -0.3 is 0 Å². The Balaban J connectivity index is 2.83. The van der Waals surface area contributed by atoms with Gasteiger partial charge in [0.25, 0.3) is 0 Å². The van der Waals surface area contributed by atoms with Crippen LogP contribution in [0.15, 0.2) is 29.8 Å². The third-order valence-corrected chi connectivity index (χ3v) is 2.97. The second kappa shape index (κ2) is 7.62. The molecule has 4 heteroatoms. The molecule has 17 heavy (non-hydrogen) atoms. The van der Waals surface area contributed by atoms with Crippen molar-refractivity contribution in [1.29, 1.82) is 0 Å². The number of allylic oxidation sites excluding steroid dienone is 2. The van der Waals surface area contributed by atoms with Gasteiger partial charge in [0.05, 0.1) is 5.33 Å². The van der Waals surface area contributed by atoms with E-state index in [2.05, 4.69) is 43.7 Å². The maximum absolute atomic E-state index is 13.0. The summed E-state index contributed by atoms with van der Waals surface area (Å²) in [6.07, 6.45) is 2.25. The molecule has 0 fully saturated rings. The highest BCUT2D eigenvalue weighted by atomic mass is 79.9. The van der Waals surface area contributed by atoms with E-state index >= 15 is 0 Å². The van der Waals surface area contributed by atoms with Gasteiger partial charge in [0.1, 0.15) is 11.6 Å². The van der Waals surface area contributed by atoms with E-state index in [0.717, 1.165) is 11.6 Å². The fourth-order valence-electron chi connectivity index (χ4n) is 1.30. The van der Waals surface area contributed by atoms with Crippen molar-refractivity contribution in [3.8, 4) is 11.8 Å². The molecule has 0 aliphatic carbocycles. The normalized spacial score (nSPS) is 10.9. The van der Waals surface area contributed by atoms with Crippen LogP contribution in [0.3, 0.4) is 0 Å². The molecule has 0 nitrogen and oxygen atoms in total. The van der Waals surface area contributed by atoms with Crippen molar-refractivity contribution >= 4 is 31.9 Å². The van der Waals surface area contributed by atoms with Gasteiger partial charge in [-0.1, -0.05) is 43.7 Å². The Bertz CT molecular complexity index is 450. The molecule has 0 aromatic heterocycles. The summed E-state index contributed by atoms with van der Waals surface area (Å²) < 4.78 is 26.0. The summed E-state index contributed by atoms with van der Waals surface area (Å²) in [6.45, 7) is 0. The second-order valence-corrected chi connectivity index (χ2v) is 4.47. The molecule has 0 saturated heterocycles. The molecule has 0 N–H and O–H groups in total. The van der Waals surface area contributed by atoms with E-state index in [0.29, 0.717) is 22.6 Å². The van der Waals surface area contributed by atoms with Crippen LogP contribution < -0.4 is 0 Å². The molecule has 0 bridgehead atoms. The van der Waals surface area contributed by atoms with Crippen molar-refractivity contribution in [2.75, 3.05) is 10.7 Å². The van der Waals surface area contributed by atoms with Crippen LogP contribution in [0, 0.1) is 23.5 Å². The molecule has 0 radical (unpaired) electrons. The lowest BCUT2D eigenvalue weighted by Gasteiger charge is -2.03. The van der Waals surface area contributed by atoms with Gasteiger partial charge in [0, 0.05) is 11.4 Å². The van der Waals surface area contributed by atoms with Crippen LogP contribution >= 0.6 is 31.9 Å². The van der Waals surface area contributed by atoms with Gasteiger partial charge in [0.2, 0.25) is 0 Å². The van der Waals surface area contributed by atoms with E-state index in [-0.39, 0.29) is 0 Å². The van der Waals surface area contributed by atoms with Crippen LogP contribution in [0.2, 0.25) is 0 Å². The molecule has 0 aliphatic heterocycles. The molecular formula is C13H10Br2F2. The van der Waals surface area contributed by atoms with Gasteiger partial charge in [-0.15, -0.1) is 0 Å². The summed E-state index contributed by atoms with van der Waals surface area (Å²) in [5.74, 6) is 4.59. The maximum atomic E-state index is 13.0. The van der Waals surface area contributed by atoms with Crippen molar-refractivity contribution in [1.82, 2.24) is 0 Å². The van der Waals surface area contributed by atoms with E-state index in [1.807, 2.05) is 0 Å². The van der Waals surface area contributed by atoms with Crippen LogP contribution in [0.25, 0.3) is 0 Å². The number of hydrogen-bond donors (Lipinski definition) is 0. The monoisotopic (exact) mass is 362 g/mol. The Hall–Kier alpha value is -0.660. The smallest absolute Gasteiger partial charge is 0.126 e. The van der Waals surface area contributed by atoms with Gasteiger partial charge in [-0.3, -0.25) is 0 Å². The SMILES string of the molecule is Fc1cc(F)cc(C/C(=C\C#CCBr)CBr)c1. The van der Waals surface area contributed by atoms with Crippen LogP contribution in [0.1, 0.15) is 5.56 Å². The highest BCUT2D eigenvalue weighted by Crippen LogP contribution is 2.13. The van der Waals surface area contributed by atoms with Crippen LogP contribution in [-0.2, 0) is 6.42 Å². The number of hydrogen-bond acceptors (Lipinski definition) is 0. The lowest BCUT2D eigenvalue weighted by molar-refractivity contribution is 0.580. The third kappa shape index (κ3) is 5.47. The minimum atomic E-state index is -0.555. The molecule has 1 aromatic rings. The summed E-state index contributed by atoms with van der Waals surface area (Å²) in [5.41, 5.74) is 1.58. The minimum absolute atomic E-state index is 0.483. The Morgan fingerprint density at radius 3 is 2.35 bits per heavy atom. The molecule has 0 unspecified atom stereocenters. The standard InChI is InChI=1S/C13H10Br2F2/c14-4-2-1-3-10(9-15)5-11-6-12(16)8-13(17)7-11/h3,6-8H,4-5,9H2/b10-3+. The average molecular weight is 364 g/mol. The molecule has 0 amide bonds. The molecule has 90 valence electrons. The predicted molar refractivity (Wildman–Crippen MR) is 73.5 cm³/mol. The summed E-state index contributed by atoms with van der Waals surface area (Å²) in [6, 6.07) is 3.53. The number of alkyl halides is 2. The van der Waals surface area contributed by atoms with Crippen LogP contribution in [0.4, 0.5) is 8.78 Å². The van der Waals surface area contributed by atoms with Gasteiger partial charge in [0.15, 0.2) is 0 Å². The zero-order valence-corrected chi connectivity index (χ0v) is 12.1. The summed E-state index contributed by atoms with van der Waals surface area (Å²) >= 11 is 6.52. The molecular weight excluding hydrogens is 354 g/mol. The van der Waals surface area contributed by atoms with Gasteiger partial charge in [-0.05, 0) is 35.8 Å². The van der Waals surface area contributed by atoms with Gasteiger partial charge >= 0.3 is 0 Å². The average Bonchev–Trinajstić information content (AvgIpc) is 2.26. The molecule has 0 saturated carbocycles. The fourth-order valence-corrected chi connectivity index (χ4v) is 1.83. The zero-order valence-electron chi connectivity index (χ0n) is 8.94. The lowest BCUT2D eigenvalue weighted by Crippen LogP contribution is -1.94. The third-order valence-electron chi connectivity index (χ3n) is 1.97. The molecule has 0 aliphatic rings. The first-order chi connectivity index (χ1) is 8.15. The van der Waals surface area contributed by atoms with E-state index < -0.39 is 11.6 Å². The quantitative estimate of drug-likeness (QED) is 0.557. The molecule has 0 atom stereocenters. The largest absolute Gasteiger partial charge is 0.207 e. The Labute approximate surface area is 116 Å². The predicted octanol–water partition coefficient (Wildman–Crippen LogP) is 4.23. The van der Waals surface area contributed by atoms with E-state index in [9.17, 15) is 8.78 Å². The molecule has 0 heterocycles. The fraction of sp³-hybridized carbons (Fsp3) is 0.231. The first-order valence-electron chi connectivity index (χ1n) is 4.89. The van der Waals surface area contributed by atoms with Crippen molar-refractivity contribution < 1.29 is 8.78 Å². The summed E-state index contributed by atoms with van der Waals surface area (Å²) in [5, 5.41) is 1.23. The Kier molecular flexibility index (Phi) is 6.46. The van der Waals surface area contributed by atoms with Crippen molar-refractivity contribution in [2.24, 2.45) is 0 Å². The number of benzene rings is 1. The van der Waals surface area contributed by atoms with Crippen LogP contribution in [0.5, 0.6) is 0 Å². The van der Waals surface area contributed by atoms with Gasteiger partial charge in [-0.2, -0.15) is 0 Å². The minimum Gasteiger partial charge on any atom is -0.207 e. The van der Waals surface area contributed by atoms with Crippen molar-refractivity contribution in [2.45, 2.75) is 6.42 Å². The van der Waals surface area contributed by atoms with E-state index in [1.54, 1.807) is 6.08 Å². The topological polar surface area (TPSA) is 0 Å². The molecule has 1 rings (SSSR count). The van der Waals surface area contributed by atoms with Crippen molar-refractivity contribution in [3.63, 3.8) is 0 Å². The molecule has 0 spiro atoms. The Morgan fingerprint density at radius 1 is 1.18 bits per heavy atom. The van der Waals surface area contributed by atoms with Gasteiger partial charge in [-0.25, -0.2) is 8.78 Å². The second-order valence-electron chi connectivity index (χ2n) is 3.35. The maximum Gasteiger partial charge on any atom is 0.126 e. The lowest BCUT2D eigenvalue weighted by atomic mass is 10.1.